The molecule has 1 aromatic carbocycles. The lowest BCUT2D eigenvalue weighted by Gasteiger charge is -2.24. The van der Waals surface area contributed by atoms with E-state index in [1.54, 1.807) is 12.1 Å². The zero-order valence-electron chi connectivity index (χ0n) is 12.1. The Morgan fingerprint density at radius 3 is 2.76 bits per heavy atom. The molecule has 0 aromatic heterocycles. The highest BCUT2D eigenvalue weighted by Crippen LogP contribution is 2.43. The van der Waals surface area contributed by atoms with Gasteiger partial charge in [-0.15, -0.1) is 0 Å². The third-order valence-corrected chi connectivity index (χ3v) is 3.85. The Labute approximate surface area is 122 Å². The van der Waals surface area contributed by atoms with Crippen molar-refractivity contribution in [3.8, 4) is 0 Å². The molecule has 3 nitrogen and oxygen atoms in total. The van der Waals surface area contributed by atoms with Gasteiger partial charge in [-0.1, -0.05) is 37.1 Å². The number of carbonyl (C=O) groups is 2. The summed E-state index contributed by atoms with van der Waals surface area (Å²) < 4.78 is 32.0. The average Bonchev–Trinajstić information content (AvgIpc) is 2.72. The van der Waals surface area contributed by atoms with Crippen LogP contribution < -0.4 is 0 Å². The number of rotatable bonds is 5. The van der Waals surface area contributed by atoms with Crippen molar-refractivity contribution in [2.24, 2.45) is 5.41 Å². The summed E-state index contributed by atoms with van der Waals surface area (Å²) in [6, 6.07) is 4.87. The number of esters is 1. The van der Waals surface area contributed by atoms with Gasteiger partial charge < -0.3 is 4.74 Å². The first kappa shape index (κ1) is 15.6. The Bertz CT molecular complexity index is 569. The van der Waals surface area contributed by atoms with Gasteiger partial charge in [0.1, 0.15) is 0 Å². The minimum atomic E-state index is -3.08. The summed E-state index contributed by atoms with van der Waals surface area (Å²) in [5.41, 5.74) is -0.809. The quantitative estimate of drug-likeness (QED) is 0.475. The van der Waals surface area contributed by atoms with Crippen molar-refractivity contribution in [1.29, 1.82) is 0 Å². The molecule has 0 aliphatic heterocycles. The van der Waals surface area contributed by atoms with Crippen molar-refractivity contribution in [3.05, 3.63) is 34.9 Å². The van der Waals surface area contributed by atoms with E-state index in [1.165, 1.54) is 6.07 Å². The van der Waals surface area contributed by atoms with Gasteiger partial charge in [0.15, 0.2) is 11.2 Å². The van der Waals surface area contributed by atoms with Crippen LogP contribution >= 0.6 is 0 Å². The number of ketones is 1. The molecule has 0 amide bonds. The first-order chi connectivity index (χ1) is 9.93. The van der Waals surface area contributed by atoms with Crippen LogP contribution in [-0.2, 0) is 16.0 Å². The number of ether oxygens (including phenoxy) is 1. The van der Waals surface area contributed by atoms with E-state index in [9.17, 15) is 18.4 Å². The van der Waals surface area contributed by atoms with Crippen molar-refractivity contribution in [2.75, 3.05) is 6.61 Å². The summed E-state index contributed by atoms with van der Waals surface area (Å²) in [5, 5.41) is 0. The molecule has 1 aliphatic carbocycles. The van der Waals surface area contributed by atoms with Crippen LogP contribution in [0.2, 0.25) is 0 Å². The minimum absolute atomic E-state index is 0.0620. The Kier molecular flexibility index (Phi) is 4.40. The van der Waals surface area contributed by atoms with Gasteiger partial charge in [0.05, 0.1) is 6.61 Å². The van der Waals surface area contributed by atoms with Crippen LogP contribution in [0.1, 0.15) is 41.3 Å². The minimum Gasteiger partial charge on any atom is -0.465 e. The van der Waals surface area contributed by atoms with E-state index >= 15 is 0 Å². The Hall–Kier alpha value is -1.78. The zero-order chi connectivity index (χ0) is 15.6. The molecule has 0 radical (unpaired) electrons. The van der Waals surface area contributed by atoms with Gasteiger partial charge in [0, 0.05) is 12.0 Å². The summed E-state index contributed by atoms with van der Waals surface area (Å²) in [5.74, 6) is -1.93. The summed E-state index contributed by atoms with van der Waals surface area (Å²) >= 11 is 0. The van der Waals surface area contributed by atoms with E-state index in [-0.39, 0.29) is 18.6 Å². The van der Waals surface area contributed by atoms with Gasteiger partial charge in [0.2, 0.25) is 0 Å². The zero-order valence-corrected chi connectivity index (χ0v) is 12.1. The predicted octanol–water partition coefficient (Wildman–Crippen LogP) is 3.33. The third-order valence-electron chi connectivity index (χ3n) is 3.85. The molecule has 21 heavy (non-hydrogen) atoms. The van der Waals surface area contributed by atoms with E-state index in [1.807, 2.05) is 13.8 Å². The molecule has 1 aliphatic rings. The fraction of sp³-hybridized carbons (Fsp3) is 0.500. The van der Waals surface area contributed by atoms with Crippen LogP contribution in [0.4, 0.5) is 8.78 Å². The molecule has 0 saturated carbocycles. The largest absolute Gasteiger partial charge is 0.465 e. The van der Waals surface area contributed by atoms with Crippen LogP contribution in [0.3, 0.4) is 0 Å². The van der Waals surface area contributed by atoms with E-state index in [2.05, 4.69) is 0 Å². The lowest BCUT2D eigenvalue weighted by molar-refractivity contribution is -0.160. The molecule has 0 fully saturated rings. The molecule has 0 heterocycles. The standard InChI is InChI=1S/C16H18F2O3/c1-3-4-7-21-15(20)16(14(17)18)9-11-8-10(2)5-6-12(11)13(16)19/h5-6,8,14H,3-4,7,9H2,1-2H3. The number of aryl methyl sites for hydroxylation is 1. The first-order valence-corrected chi connectivity index (χ1v) is 7.03. The Morgan fingerprint density at radius 1 is 1.43 bits per heavy atom. The Balaban J connectivity index is 2.33. The maximum Gasteiger partial charge on any atom is 0.326 e. The van der Waals surface area contributed by atoms with Crippen molar-refractivity contribution in [2.45, 2.75) is 39.5 Å². The molecule has 1 unspecified atom stereocenters. The fourth-order valence-electron chi connectivity index (χ4n) is 2.58. The fourth-order valence-corrected chi connectivity index (χ4v) is 2.58. The van der Waals surface area contributed by atoms with E-state index in [4.69, 9.17) is 4.74 Å². The van der Waals surface area contributed by atoms with Crippen molar-refractivity contribution in [3.63, 3.8) is 0 Å². The molecule has 2 rings (SSSR count). The van der Waals surface area contributed by atoms with Gasteiger partial charge in [-0.05, 0) is 18.9 Å². The molecule has 0 bridgehead atoms. The Morgan fingerprint density at radius 2 is 2.14 bits per heavy atom. The number of halogens is 2. The second-order valence-corrected chi connectivity index (χ2v) is 5.43. The molecule has 5 heteroatoms. The topological polar surface area (TPSA) is 43.4 Å². The van der Waals surface area contributed by atoms with Crippen LogP contribution in [0, 0.1) is 12.3 Å². The lowest BCUT2D eigenvalue weighted by Crippen LogP contribution is -2.45. The molecule has 0 spiro atoms. The molecular weight excluding hydrogens is 278 g/mol. The lowest BCUT2D eigenvalue weighted by atomic mass is 9.84. The number of Topliss-reactive ketones (excluding diaryl/α,β-unsaturated/α-hetero) is 1. The van der Waals surface area contributed by atoms with Crippen LogP contribution in [0.25, 0.3) is 0 Å². The van der Waals surface area contributed by atoms with Crippen LogP contribution in [0.5, 0.6) is 0 Å². The molecule has 1 aromatic rings. The van der Waals surface area contributed by atoms with Crippen molar-refractivity contribution >= 4 is 11.8 Å². The average molecular weight is 296 g/mol. The number of unbranched alkanes of at least 4 members (excludes halogenated alkanes) is 1. The van der Waals surface area contributed by atoms with Crippen molar-refractivity contribution in [1.82, 2.24) is 0 Å². The first-order valence-electron chi connectivity index (χ1n) is 7.03. The van der Waals surface area contributed by atoms with Crippen LogP contribution in [0.15, 0.2) is 18.2 Å². The second kappa shape index (κ2) is 5.92. The number of fused-ring (bicyclic) bond motifs is 1. The SMILES string of the molecule is CCCCOC(=O)C1(C(F)F)Cc2cc(C)ccc2C1=O. The summed E-state index contributed by atoms with van der Waals surface area (Å²) in [6.45, 7) is 3.77. The number of carbonyl (C=O) groups excluding carboxylic acids is 2. The summed E-state index contributed by atoms with van der Waals surface area (Å²) in [6.07, 6.45) is -1.99. The van der Waals surface area contributed by atoms with Gasteiger partial charge in [-0.2, -0.15) is 0 Å². The number of hydrogen-bond donors (Lipinski definition) is 0. The molecule has 0 N–H and O–H groups in total. The number of alkyl halides is 2. The van der Waals surface area contributed by atoms with E-state index in [0.717, 1.165) is 12.0 Å². The number of hydrogen-bond acceptors (Lipinski definition) is 3. The maximum atomic E-state index is 13.5. The third kappa shape index (κ3) is 2.57. The monoisotopic (exact) mass is 296 g/mol. The van der Waals surface area contributed by atoms with Gasteiger partial charge >= 0.3 is 5.97 Å². The maximum absolute atomic E-state index is 13.5. The van der Waals surface area contributed by atoms with Crippen molar-refractivity contribution < 1.29 is 23.1 Å². The summed E-state index contributed by atoms with van der Waals surface area (Å²) in [7, 11) is 0. The van der Waals surface area contributed by atoms with Gasteiger partial charge in [0.25, 0.3) is 6.43 Å². The molecule has 0 saturated heterocycles. The highest BCUT2D eigenvalue weighted by Gasteiger charge is 2.59. The molecule has 114 valence electrons. The van der Waals surface area contributed by atoms with Gasteiger partial charge in [-0.3, -0.25) is 9.59 Å². The van der Waals surface area contributed by atoms with E-state index in [0.29, 0.717) is 12.0 Å². The van der Waals surface area contributed by atoms with E-state index < -0.39 is 23.6 Å². The normalized spacial score (nSPS) is 20.7. The second-order valence-electron chi connectivity index (χ2n) is 5.43. The summed E-state index contributed by atoms with van der Waals surface area (Å²) in [4.78, 5) is 24.5. The molecular formula is C16H18F2O3. The number of benzene rings is 1. The highest BCUT2D eigenvalue weighted by molar-refractivity contribution is 6.16. The van der Waals surface area contributed by atoms with Gasteiger partial charge in [-0.25, -0.2) is 8.78 Å². The molecule has 1 atom stereocenters. The van der Waals surface area contributed by atoms with Crippen LogP contribution in [-0.4, -0.2) is 24.8 Å². The smallest absolute Gasteiger partial charge is 0.326 e. The predicted molar refractivity (Wildman–Crippen MR) is 73.5 cm³/mol. The highest BCUT2D eigenvalue weighted by atomic mass is 19.3.